The summed E-state index contributed by atoms with van der Waals surface area (Å²) in [5.41, 5.74) is 0. The molecule has 0 bridgehead atoms. The van der Waals surface area contributed by atoms with Crippen molar-refractivity contribution < 1.29 is 14.7 Å². The molecule has 110 valence electrons. The summed E-state index contributed by atoms with van der Waals surface area (Å²) in [6.45, 7) is 2.12. The number of rotatable bonds is 6. The number of carboxylic acid groups (broad SMARTS) is 1. The molecule has 1 aliphatic carbocycles. The molecule has 1 fully saturated rings. The third kappa shape index (κ3) is 5.72. The Morgan fingerprint density at radius 2 is 2.05 bits per heavy atom. The van der Waals surface area contributed by atoms with Crippen LogP contribution < -0.4 is 15.7 Å². The maximum atomic E-state index is 11.8. The zero-order valence-electron chi connectivity index (χ0n) is 11.6. The van der Waals surface area contributed by atoms with Crippen LogP contribution in [0.5, 0.6) is 0 Å². The lowest BCUT2D eigenvalue weighted by molar-refractivity contribution is -0.308. The molecule has 0 saturated heterocycles. The number of thioether (sulfide) groups is 1. The minimum Gasteiger partial charge on any atom is -0.548 e. The number of amides is 2. The Balaban J connectivity index is 2.40. The second kappa shape index (κ2) is 8.30. The van der Waals surface area contributed by atoms with Crippen LogP contribution in [-0.2, 0) is 4.79 Å². The van der Waals surface area contributed by atoms with E-state index >= 15 is 0 Å². The van der Waals surface area contributed by atoms with Crippen LogP contribution in [0.1, 0.15) is 39.0 Å². The smallest absolute Gasteiger partial charge is 0.315 e. The molecule has 2 amide bonds. The highest BCUT2D eigenvalue weighted by molar-refractivity contribution is 7.98. The van der Waals surface area contributed by atoms with Crippen molar-refractivity contribution in [1.82, 2.24) is 10.6 Å². The summed E-state index contributed by atoms with van der Waals surface area (Å²) in [6.07, 6.45) is 6.69. The third-order valence-electron chi connectivity index (χ3n) is 3.63. The first-order valence-corrected chi connectivity index (χ1v) is 8.20. The number of carboxylic acids is 1. The Morgan fingerprint density at radius 1 is 1.37 bits per heavy atom. The summed E-state index contributed by atoms with van der Waals surface area (Å²) in [5.74, 6) is -0.0911. The van der Waals surface area contributed by atoms with Gasteiger partial charge in [-0.05, 0) is 37.2 Å². The molecule has 19 heavy (non-hydrogen) atoms. The van der Waals surface area contributed by atoms with Gasteiger partial charge in [0.05, 0.1) is 12.0 Å². The van der Waals surface area contributed by atoms with Crippen molar-refractivity contribution in [3.63, 3.8) is 0 Å². The second-order valence-corrected chi connectivity index (χ2v) is 6.12. The molecule has 0 radical (unpaired) electrons. The molecule has 0 aromatic carbocycles. The van der Waals surface area contributed by atoms with E-state index < -0.39 is 18.0 Å². The fourth-order valence-electron chi connectivity index (χ4n) is 2.38. The first-order chi connectivity index (χ1) is 9.04. The first-order valence-electron chi connectivity index (χ1n) is 6.81. The van der Waals surface area contributed by atoms with Crippen molar-refractivity contribution in [3.05, 3.63) is 0 Å². The van der Waals surface area contributed by atoms with Crippen LogP contribution in [0.4, 0.5) is 4.79 Å². The molecule has 0 aliphatic heterocycles. The van der Waals surface area contributed by atoms with Gasteiger partial charge in [0.2, 0.25) is 0 Å². The van der Waals surface area contributed by atoms with Gasteiger partial charge >= 0.3 is 6.03 Å². The Morgan fingerprint density at radius 3 is 2.63 bits per heavy atom. The molecule has 5 nitrogen and oxygen atoms in total. The zero-order chi connectivity index (χ0) is 14.3. The van der Waals surface area contributed by atoms with Gasteiger partial charge in [-0.3, -0.25) is 0 Å². The van der Waals surface area contributed by atoms with Gasteiger partial charge in [0.25, 0.3) is 0 Å². The van der Waals surface area contributed by atoms with Gasteiger partial charge in [-0.1, -0.05) is 19.8 Å². The topological polar surface area (TPSA) is 81.3 Å². The van der Waals surface area contributed by atoms with E-state index in [2.05, 4.69) is 17.6 Å². The van der Waals surface area contributed by atoms with E-state index in [-0.39, 0.29) is 6.04 Å². The lowest BCUT2D eigenvalue weighted by Crippen LogP contribution is -2.54. The monoisotopic (exact) mass is 287 g/mol. The van der Waals surface area contributed by atoms with Crippen molar-refractivity contribution in [2.24, 2.45) is 5.92 Å². The van der Waals surface area contributed by atoms with Crippen LogP contribution in [0, 0.1) is 5.92 Å². The highest BCUT2D eigenvalue weighted by atomic mass is 32.2. The van der Waals surface area contributed by atoms with E-state index in [0.29, 0.717) is 18.1 Å². The van der Waals surface area contributed by atoms with Gasteiger partial charge in [0.1, 0.15) is 0 Å². The van der Waals surface area contributed by atoms with Crippen LogP contribution in [0.15, 0.2) is 0 Å². The summed E-state index contributed by atoms with van der Waals surface area (Å²) >= 11 is 1.55. The molecular formula is C13H23N2O3S-. The van der Waals surface area contributed by atoms with Gasteiger partial charge in [-0.2, -0.15) is 11.8 Å². The highest BCUT2D eigenvalue weighted by Gasteiger charge is 2.23. The molecule has 0 unspecified atom stereocenters. The van der Waals surface area contributed by atoms with Crippen LogP contribution in [0.2, 0.25) is 0 Å². The van der Waals surface area contributed by atoms with Gasteiger partial charge in [-0.15, -0.1) is 0 Å². The van der Waals surface area contributed by atoms with E-state index in [1.54, 1.807) is 11.8 Å². The fraction of sp³-hybridized carbons (Fsp3) is 0.846. The normalized spacial score (nSPS) is 24.5. The summed E-state index contributed by atoms with van der Waals surface area (Å²) in [6, 6.07) is -1.16. The number of aliphatic carboxylic acids is 1. The molecule has 0 spiro atoms. The molecule has 2 N–H and O–H groups in total. The predicted molar refractivity (Wildman–Crippen MR) is 74.9 cm³/mol. The molecular weight excluding hydrogens is 264 g/mol. The van der Waals surface area contributed by atoms with Crippen molar-refractivity contribution >= 4 is 23.8 Å². The molecule has 6 heteroatoms. The summed E-state index contributed by atoms with van der Waals surface area (Å²) in [7, 11) is 0. The quantitative estimate of drug-likeness (QED) is 0.755. The lowest BCUT2D eigenvalue weighted by Gasteiger charge is -2.30. The molecule has 1 aliphatic rings. The zero-order valence-corrected chi connectivity index (χ0v) is 12.4. The molecule has 0 heterocycles. The van der Waals surface area contributed by atoms with E-state index in [0.717, 1.165) is 19.3 Å². The largest absolute Gasteiger partial charge is 0.548 e. The summed E-state index contributed by atoms with van der Waals surface area (Å²) in [5, 5.41) is 16.3. The van der Waals surface area contributed by atoms with Crippen LogP contribution in [0.3, 0.4) is 0 Å². The number of carbonyl (C=O) groups excluding carboxylic acids is 2. The number of carbonyl (C=O) groups is 2. The second-order valence-electron chi connectivity index (χ2n) is 5.14. The first kappa shape index (κ1) is 16.1. The molecule has 0 aromatic heterocycles. The average Bonchev–Trinajstić information content (AvgIpc) is 2.37. The Labute approximate surface area is 118 Å². The van der Waals surface area contributed by atoms with Crippen molar-refractivity contribution in [2.75, 3.05) is 12.0 Å². The highest BCUT2D eigenvalue weighted by Crippen LogP contribution is 2.23. The van der Waals surface area contributed by atoms with Gasteiger partial charge in [0.15, 0.2) is 0 Å². The molecule has 1 rings (SSSR count). The molecule has 3 atom stereocenters. The van der Waals surface area contributed by atoms with Crippen LogP contribution in [0.25, 0.3) is 0 Å². The number of hydrogen-bond acceptors (Lipinski definition) is 4. The average molecular weight is 287 g/mol. The maximum absolute atomic E-state index is 11.8. The summed E-state index contributed by atoms with van der Waals surface area (Å²) in [4.78, 5) is 22.7. The number of nitrogens with one attached hydrogen (secondary N) is 2. The standard InChI is InChI=1S/C13H24N2O3S/c1-9-5-3-4-6-10(9)14-13(18)15-11(12(16)17)7-8-19-2/h9-11H,3-8H2,1-2H3,(H,16,17)(H2,14,15,18)/p-1/t9-,10+,11-/m1/s1. The van der Waals surface area contributed by atoms with E-state index in [1.807, 2.05) is 6.26 Å². The Hall–Kier alpha value is -0.910. The SMILES string of the molecule is CSCC[C@@H](NC(=O)N[C@H]1CCCC[C@H]1C)C(=O)[O-]. The Bertz CT molecular complexity index is 312. The van der Waals surface area contributed by atoms with Crippen LogP contribution >= 0.6 is 11.8 Å². The fourth-order valence-corrected chi connectivity index (χ4v) is 2.86. The minimum absolute atomic E-state index is 0.150. The van der Waals surface area contributed by atoms with E-state index in [9.17, 15) is 14.7 Å². The van der Waals surface area contributed by atoms with Gasteiger partial charge in [-0.25, -0.2) is 4.79 Å². The summed E-state index contributed by atoms with van der Waals surface area (Å²) < 4.78 is 0. The predicted octanol–water partition coefficient (Wildman–Crippen LogP) is 0.736. The van der Waals surface area contributed by atoms with Gasteiger partial charge in [0, 0.05) is 6.04 Å². The van der Waals surface area contributed by atoms with Crippen LogP contribution in [-0.4, -0.2) is 36.1 Å². The number of urea groups is 1. The Kier molecular flexibility index (Phi) is 7.05. The van der Waals surface area contributed by atoms with E-state index in [1.165, 1.54) is 6.42 Å². The molecule has 1 saturated carbocycles. The van der Waals surface area contributed by atoms with Crippen molar-refractivity contribution in [2.45, 2.75) is 51.1 Å². The maximum Gasteiger partial charge on any atom is 0.315 e. The van der Waals surface area contributed by atoms with Crippen molar-refractivity contribution in [1.29, 1.82) is 0 Å². The lowest BCUT2D eigenvalue weighted by atomic mass is 9.86. The van der Waals surface area contributed by atoms with Gasteiger partial charge < -0.3 is 20.5 Å². The van der Waals surface area contributed by atoms with Crippen molar-refractivity contribution in [3.8, 4) is 0 Å². The minimum atomic E-state index is -1.22. The number of hydrogen-bond donors (Lipinski definition) is 2. The third-order valence-corrected chi connectivity index (χ3v) is 4.27. The molecule has 0 aromatic rings. The van der Waals surface area contributed by atoms with E-state index in [4.69, 9.17) is 0 Å².